The van der Waals surface area contributed by atoms with Crippen molar-refractivity contribution < 1.29 is 9.53 Å². The van der Waals surface area contributed by atoms with Crippen LogP contribution in [0.1, 0.15) is 41.6 Å². The number of nitrogens with zero attached hydrogens (tertiary/aromatic N) is 1. The third-order valence-electron chi connectivity index (χ3n) is 6.51. The quantitative estimate of drug-likeness (QED) is 0.823. The Balaban J connectivity index is 1.21. The molecule has 4 aliphatic rings. The molecule has 1 aromatic carbocycles. The maximum absolute atomic E-state index is 12.8. The number of fused-ring (bicyclic) bond motifs is 2. The monoisotopic (exact) mass is 341 g/mol. The van der Waals surface area contributed by atoms with E-state index in [1.54, 1.807) is 6.07 Å². The summed E-state index contributed by atoms with van der Waals surface area (Å²) in [7, 11) is 0. The number of anilines is 1. The van der Waals surface area contributed by atoms with Crippen LogP contribution in [0, 0.1) is 17.8 Å². The predicted octanol–water partition coefficient (Wildman–Crippen LogP) is 2.05. The van der Waals surface area contributed by atoms with E-state index in [9.17, 15) is 4.79 Å². The molecule has 0 radical (unpaired) electrons. The molecule has 134 valence electrons. The lowest BCUT2D eigenvalue weighted by atomic mass is 10.0. The van der Waals surface area contributed by atoms with Gasteiger partial charge in [0.05, 0.1) is 12.3 Å². The number of benzene rings is 1. The van der Waals surface area contributed by atoms with Crippen LogP contribution in [0.15, 0.2) is 12.1 Å². The SMILES string of the molecule is Nc1ccc(C(=O)NC2C[C@@H]3CN(CC4CC4)C[C@@H]3C2)c2c1OCC2. The standard InChI is InChI=1S/C20H27N3O2/c21-18-4-3-17(16-5-6-25-19(16)18)20(24)22-15-7-13-10-23(9-12-1-2-12)11-14(13)8-15/h3-4,12-15H,1-2,5-11,21H2,(H,22,24)/t13-,14+,15?. The number of hydrogen-bond acceptors (Lipinski definition) is 4. The lowest BCUT2D eigenvalue weighted by Gasteiger charge is -2.19. The number of carbonyl (C=O) groups excluding carboxylic acids is 1. The second kappa shape index (κ2) is 5.90. The first kappa shape index (κ1) is 15.5. The van der Waals surface area contributed by atoms with Gasteiger partial charge in [-0.2, -0.15) is 0 Å². The molecule has 2 heterocycles. The minimum absolute atomic E-state index is 0.0431. The molecule has 3 N–H and O–H groups in total. The van der Waals surface area contributed by atoms with Gasteiger partial charge in [-0.1, -0.05) is 0 Å². The Morgan fingerprint density at radius 3 is 2.72 bits per heavy atom. The fraction of sp³-hybridized carbons (Fsp3) is 0.650. The first-order chi connectivity index (χ1) is 12.2. The third-order valence-corrected chi connectivity index (χ3v) is 6.51. The van der Waals surface area contributed by atoms with Gasteiger partial charge < -0.3 is 20.7 Å². The fourth-order valence-electron chi connectivity index (χ4n) is 5.13. The molecule has 0 bridgehead atoms. The molecule has 1 saturated heterocycles. The smallest absolute Gasteiger partial charge is 0.251 e. The highest BCUT2D eigenvalue weighted by atomic mass is 16.5. The first-order valence-corrected chi connectivity index (χ1v) is 9.74. The molecule has 25 heavy (non-hydrogen) atoms. The Kier molecular flexibility index (Phi) is 3.66. The van der Waals surface area contributed by atoms with Crippen LogP contribution < -0.4 is 15.8 Å². The highest BCUT2D eigenvalue weighted by Crippen LogP contribution is 2.40. The first-order valence-electron chi connectivity index (χ1n) is 9.74. The summed E-state index contributed by atoms with van der Waals surface area (Å²) in [5, 5.41) is 3.29. The minimum Gasteiger partial charge on any atom is -0.491 e. The Morgan fingerprint density at radius 1 is 1.24 bits per heavy atom. The van der Waals surface area contributed by atoms with Gasteiger partial charge in [0, 0.05) is 43.2 Å². The normalized spacial score (nSPS) is 30.8. The summed E-state index contributed by atoms with van der Waals surface area (Å²) in [6.07, 6.45) is 5.89. The number of nitrogens with one attached hydrogen (secondary N) is 1. The maximum atomic E-state index is 12.8. The van der Waals surface area contributed by atoms with Gasteiger partial charge in [-0.05, 0) is 55.6 Å². The van der Waals surface area contributed by atoms with Gasteiger partial charge in [-0.25, -0.2) is 0 Å². The van der Waals surface area contributed by atoms with E-state index in [0.717, 1.165) is 48.1 Å². The molecule has 0 spiro atoms. The molecule has 2 aliphatic heterocycles. The van der Waals surface area contributed by atoms with E-state index < -0.39 is 0 Å². The zero-order valence-corrected chi connectivity index (χ0v) is 14.7. The molecule has 1 amide bonds. The van der Waals surface area contributed by atoms with E-state index in [1.807, 2.05) is 6.07 Å². The highest BCUT2D eigenvalue weighted by Gasteiger charge is 2.42. The topological polar surface area (TPSA) is 67.6 Å². The van der Waals surface area contributed by atoms with Crippen LogP contribution in [0.5, 0.6) is 5.75 Å². The molecule has 3 fully saturated rings. The van der Waals surface area contributed by atoms with Crippen molar-refractivity contribution in [1.82, 2.24) is 10.2 Å². The number of rotatable bonds is 4. The summed E-state index contributed by atoms with van der Waals surface area (Å²) in [5.41, 5.74) is 8.31. The molecule has 1 unspecified atom stereocenters. The van der Waals surface area contributed by atoms with Crippen molar-refractivity contribution in [3.8, 4) is 5.75 Å². The Hall–Kier alpha value is -1.75. The van der Waals surface area contributed by atoms with E-state index in [4.69, 9.17) is 10.5 Å². The van der Waals surface area contributed by atoms with E-state index in [2.05, 4.69) is 10.2 Å². The predicted molar refractivity (Wildman–Crippen MR) is 96.7 cm³/mol. The second-order valence-electron chi connectivity index (χ2n) is 8.43. The van der Waals surface area contributed by atoms with E-state index in [1.165, 1.54) is 32.5 Å². The summed E-state index contributed by atoms with van der Waals surface area (Å²) >= 11 is 0. The second-order valence-corrected chi connectivity index (χ2v) is 8.43. The van der Waals surface area contributed by atoms with Crippen LogP contribution in [0.4, 0.5) is 5.69 Å². The lowest BCUT2D eigenvalue weighted by Crippen LogP contribution is -2.35. The van der Waals surface area contributed by atoms with Crippen molar-refractivity contribution in [2.45, 2.75) is 38.1 Å². The summed E-state index contributed by atoms with van der Waals surface area (Å²) in [4.78, 5) is 15.5. The molecule has 1 aromatic rings. The van der Waals surface area contributed by atoms with Gasteiger partial charge in [0.15, 0.2) is 0 Å². The minimum atomic E-state index is 0.0431. The number of nitrogen functional groups attached to an aromatic ring is 1. The largest absolute Gasteiger partial charge is 0.491 e. The summed E-state index contributed by atoms with van der Waals surface area (Å²) in [5.74, 6) is 3.27. The number of nitrogens with two attached hydrogens (primary N) is 1. The Labute approximate surface area is 148 Å². The van der Waals surface area contributed by atoms with Gasteiger partial charge in [0.25, 0.3) is 5.91 Å². The molecule has 5 heteroatoms. The summed E-state index contributed by atoms with van der Waals surface area (Å²) < 4.78 is 5.59. The van der Waals surface area contributed by atoms with Crippen LogP contribution in [-0.4, -0.2) is 43.1 Å². The summed E-state index contributed by atoms with van der Waals surface area (Å²) in [6, 6.07) is 3.96. The van der Waals surface area contributed by atoms with Gasteiger partial charge in [0.2, 0.25) is 0 Å². The van der Waals surface area contributed by atoms with Crippen molar-refractivity contribution >= 4 is 11.6 Å². The van der Waals surface area contributed by atoms with Crippen LogP contribution in [0.2, 0.25) is 0 Å². The van der Waals surface area contributed by atoms with Crippen molar-refractivity contribution in [1.29, 1.82) is 0 Å². The molecule has 0 aromatic heterocycles. The van der Waals surface area contributed by atoms with E-state index in [0.29, 0.717) is 24.1 Å². The average molecular weight is 341 g/mol. The summed E-state index contributed by atoms with van der Waals surface area (Å²) in [6.45, 7) is 4.40. The van der Waals surface area contributed by atoms with Crippen molar-refractivity contribution in [2.75, 3.05) is 32.0 Å². The van der Waals surface area contributed by atoms with Gasteiger partial charge in [0.1, 0.15) is 5.75 Å². The number of ether oxygens (including phenoxy) is 1. The molecule has 2 aliphatic carbocycles. The Morgan fingerprint density at radius 2 is 2.00 bits per heavy atom. The lowest BCUT2D eigenvalue weighted by molar-refractivity contribution is 0.0934. The van der Waals surface area contributed by atoms with Crippen molar-refractivity contribution in [3.05, 3.63) is 23.3 Å². The molecule has 3 atom stereocenters. The molecule has 5 nitrogen and oxygen atoms in total. The van der Waals surface area contributed by atoms with Crippen LogP contribution >= 0.6 is 0 Å². The van der Waals surface area contributed by atoms with Crippen molar-refractivity contribution in [3.63, 3.8) is 0 Å². The molecule has 5 rings (SSSR count). The fourth-order valence-corrected chi connectivity index (χ4v) is 5.13. The number of likely N-dealkylation sites (tertiary alicyclic amines) is 1. The Bertz CT molecular complexity index is 686. The van der Waals surface area contributed by atoms with Crippen molar-refractivity contribution in [2.24, 2.45) is 17.8 Å². The number of carbonyl (C=O) groups is 1. The van der Waals surface area contributed by atoms with Gasteiger partial charge in [-0.15, -0.1) is 0 Å². The number of hydrogen-bond donors (Lipinski definition) is 2. The van der Waals surface area contributed by atoms with Gasteiger partial charge in [-0.3, -0.25) is 4.79 Å². The van der Waals surface area contributed by atoms with Crippen LogP contribution in [0.3, 0.4) is 0 Å². The molecular weight excluding hydrogens is 314 g/mol. The zero-order valence-electron chi connectivity index (χ0n) is 14.7. The van der Waals surface area contributed by atoms with E-state index >= 15 is 0 Å². The maximum Gasteiger partial charge on any atom is 0.251 e. The highest BCUT2D eigenvalue weighted by molar-refractivity contribution is 5.97. The van der Waals surface area contributed by atoms with Crippen LogP contribution in [0.25, 0.3) is 0 Å². The zero-order chi connectivity index (χ0) is 17.0. The van der Waals surface area contributed by atoms with E-state index in [-0.39, 0.29) is 5.91 Å². The average Bonchev–Trinajstić information content (AvgIpc) is 2.95. The van der Waals surface area contributed by atoms with Gasteiger partial charge >= 0.3 is 0 Å². The number of amides is 1. The molecule has 2 saturated carbocycles. The third kappa shape index (κ3) is 2.88. The van der Waals surface area contributed by atoms with Crippen LogP contribution in [-0.2, 0) is 6.42 Å². The molecular formula is C20H27N3O2.